The Morgan fingerprint density at radius 1 is 1.25 bits per heavy atom. The van der Waals surface area contributed by atoms with Crippen LogP contribution in [-0.2, 0) is 10.8 Å². The van der Waals surface area contributed by atoms with Crippen LogP contribution in [-0.4, -0.2) is 28.8 Å². The fourth-order valence-electron chi connectivity index (χ4n) is 2.66. The Kier molecular flexibility index (Phi) is 7.30. The van der Waals surface area contributed by atoms with E-state index in [0.717, 1.165) is 30.3 Å². The van der Waals surface area contributed by atoms with E-state index in [1.165, 1.54) is 32.1 Å². The minimum absolute atomic E-state index is 0.562. The predicted molar refractivity (Wildman–Crippen MR) is 72.2 cm³/mol. The van der Waals surface area contributed by atoms with Gasteiger partial charge in [0.25, 0.3) is 0 Å². The standard InChI is InChI=1S/C13H27NOS/c1-3-4-5-10-16(15)11-9-12-7-6-8-13(12)14-2/h12-14H,3-11H2,1-2H3. The van der Waals surface area contributed by atoms with Crippen molar-refractivity contribution >= 4 is 10.8 Å². The van der Waals surface area contributed by atoms with Gasteiger partial charge >= 0.3 is 0 Å². The average molecular weight is 245 g/mol. The summed E-state index contributed by atoms with van der Waals surface area (Å²) in [5.74, 6) is 2.62. The van der Waals surface area contributed by atoms with Gasteiger partial charge in [-0.1, -0.05) is 26.2 Å². The molecule has 1 aliphatic rings. The number of nitrogens with one attached hydrogen (secondary N) is 1. The van der Waals surface area contributed by atoms with E-state index in [1.807, 2.05) is 0 Å². The average Bonchev–Trinajstić information content (AvgIpc) is 2.74. The maximum absolute atomic E-state index is 11.8. The van der Waals surface area contributed by atoms with Gasteiger partial charge in [-0.15, -0.1) is 0 Å². The van der Waals surface area contributed by atoms with Gasteiger partial charge in [0.05, 0.1) is 0 Å². The van der Waals surface area contributed by atoms with Crippen LogP contribution in [0.3, 0.4) is 0 Å². The highest BCUT2D eigenvalue weighted by Gasteiger charge is 2.25. The molecule has 0 heterocycles. The van der Waals surface area contributed by atoms with Crippen molar-refractivity contribution in [2.45, 2.75) is 57.9 Å². The lowest BCUT2D eigenvalue weighted by atomic mass is 10.0. The van der Waals surface area contributed by atoms with Crippen LogP contribution in [0.1, 0.15) is 51.9 Å². The predicted octanol–water partition coefficient (Wildman–Crippen LogP) is 2.70. The van der Waals surface area contributed by atoms with Gasteiger partial charge in [0.1, 0.15) is 0 Å². The second-order valence-corrected chi connectivity index (χ2v) is 6.63. The molecular formula is C13H27NOS. The lowest BCUT2D eigenvalue weighted by Gasteiger charge is -2.18. The van der Waals surface area contributed by atoms with Gasteiger partial charge < -0.3 is 5.32 Å². The fraction of sp³-hybridized carbons (Fsp3) is 1.00. The summed E-state index contributed by atoms with van der Waals surface area (Å²) in [6, 6.07) is 0.688. The summed E-state index contributed by atoms with van der Waals surface area (Å²) < 4.78 is 11.8. The van der Waals surface area contributed by atoms with E-state index in [0.29, 0.717) is 6.04 Å². The van der Waals surface area contributed by atoms with Crippen molar-refractivity contribution in [1.82, 2.24) is 5.32 Å². The molecule has 1 N–H and O–H groups in total. The molecule has 0 aromatic heterocycles. The van der Waals surface area contributed by atoms with Gasteiger partial charge in [0.2, 0.25) is 0 Å². The molecule has 0 amide bonds. The smallest absolute Gasteiger partial charge is 0.0238 e. The van der Waals surface area contributed by atoms with E-state index in [4.69, 9.17) is 0 Å². The summed E-state index contributed by atoms with van der Waals surface area (Å²) in [6.07, 6.45) is 8.74. The van der Waals surface area contributed by atoms with Crippen molar-refractivity contribution in [2.75, 3.05) is 18.6 Å². The van der Waals surface area contributed by atoms with Gasteiger partial charge in [-0.05, 0) is 38.6 Å². The third-order valence-corrected chi connectivity index (χ3v) is 5.16. The molecule has 0 spiro atoms. The van der Waals surface area contributed by atoms with Gasteiger partial charge in [0.15, 0.2) is 0 Å². The molecule has 1 saturated carbocycles. The third kappa shape index (κ3) is 4.96. The van der Waals surface area contributed by atoms with Crippen molar-refractivity contribution < 1.29 is 4.21 Å². The molecule has 1 aliphatic carbocycles. The Labute approximate surface area is 103 Å². The summed E-state index contributed by atoms with van der Waals surface area (Å²) >= 11 is 0. The van der Waals surface area contributed by atoms with Crippen molar-refractivity contribution in [2.24, 2.45) is 5.92 Å². The van der Waals surface area contributed by atoms with Gasteiger partial charge in [-0.2, -0.15) is 0 Å². The lowest BCUT2D eigenvalue weighted by molar-refractivity contribution is 0.416. The maximum Gasteiger partial charge on any atom is 0.0238 e. The van der Waals surface area contributed by atoms with Crippen LogP contribution >= 0.6 is 0 Å². The van der Waals surface area contributed by atoms with Crippen LogP contribution < -0.4 is 5.32 Å². The summed E-state index contributed by atoms with van der Waals surface area (Å²) in [6.45, 7) is 2.19. The van der Waals surface area contributed by atoms with Crippen LogP contribution in [0, 0.1) is 5.92 Å². The van der Waals surface area contributed by atoms with Crippen LogP contribution in [0.5, 0.6) is 0 Å². The zero-order valence-electron chi connectivity index (χ0n) is 10.8. The maximum atomic E-state index is 11.8. The number of unbranched alkanes of at least 4 members (excludes halogenated alkanes) is 2. The molecule has 96 valence electrons. The zero-order valence-corrected chi connectivity index (χ0v) is 11.7. The molecule has 16 heavy (non-hydrogen) atoms. The Hall–Kier alpha value is 0.110. The number of hydrogen-bond acceptors (Lipinski definition) is 2. The van der Waals surface area contributed by atoms with E-state index in [2.05, 4.69) is 19.3 Å². The van der Waals surface area contributed by atoms with E-state index in [-0.39, 0.29) is 0 Å². The van der Waals surface area contributed by atoms with Crippen molar-refractivity contribution in [1.29, 1.82) is 0 Å². The first kappa shape index (κ1) is 14.2. The third-order valence-electron chi connectivity index (χ3n) is 3.72. The quantitative estimate of drug-likeness (QED) is 0.666. The molecule has 3 atom stereocenters. The van der Waals surface area contributed by atoms with Crippen molar-refractivity contribution in [3.8, 4) is 0 Å². The molecule has 3 heteroatoms. The minimum atomic E-state index is -0.562. The summed E-state index contributed by atoms with van der Waals surface area (Å²) in [5.41, 5.74) is 0. The van der Waals surface area contributed by atoms with Crippen LogP contribution in [0.2, 0.25) is 0 Å². The fourth-order valence-corrected chi connectivity index (χ4v) is 3.96. The second-order valence-electron chi connectivity index (χ2n) is 4.93. The molecule has 0 radical (unpaired) electrons. The first-order valence-corrected chi connectivity index (χ1v) is 8.29. The summed E-state index contributed by atoms with van der Waals surface area (Å²) in [7, 11) is 1.49. The molecule has 0 saturated heterocycles. The SMILES string of the molecule is CCCCCS(=O)CCC1CCCC1NC. The minimum Gasteiger partial charge on any atom is -0.317 e. The molecule has 1 rings (SSSR count). The Morgan fingerprint density at radius 3 is 2.75 bits per heavy atom. The highest BCUT2D eigenvalue weighted by atomic mass is 32.2. The van der Waals surface area contributed by atoms with Gasteiger partial charge in [-0.3, -0.25) is 4.21 Å². The molecule has 0 aromatic carbocycles. The first-order chi connectivity index (χ1) is 7.77. The molecule has 0 bridgehead atoms. The Balaban J connectivity index is 2.11. The molecule has 0 aromatic rings. The van der Waals surface area contributed by atoms with Crippen LogP contribution in [0.15, 0.2) is 0 Å². The second kappa shape index (κ2) is 8.24. The van der Waals surface area contributed by atoms with E-state index < -0.39 is 10.8 Å². The number of rotatable bonds is 8. The van der Waals surface area contributed by atoms with Crippen LogP contribution in [0.25, 0.3) is 0 Å². The van der Waals surface area contributed by atoms with E-state index >= 15 is 0 Å². The van der Waals surface area contributed by atoms with Gasteiger partial charge in [0, 0.05) is 28.3 Å². The Morgan fingerprint density at radius 2 is 2.06 bits per heavy atom. The van der Waals surface area contributed by atoms with Crippen LogP contribution in [0.4, 0.5) is 0 Å². The highest BCUT2D eigenvalue weighted by molar-refractivity contribution is 7.84. The van der Waals surface area contributed by atoms with Crippen molar-refractivity contribution in [3.05, 3.63) is 0 Å². The topological polar surface area (TPSA) is 29.1 Å². The molecule has 3 unspecified atom stereocenters. The highest BCUT2D eigenvalue weighted by Crippen LogP contribution is 2.28. The first-order valence-electron chi connectivity index (χ1n) is 6.80. The summed E-state index contributed by atoms with van der Waals surface area (Å²) in [4.78, 5) is 0. The Bertz CT molecular complexity index is 208. The molecule has 0 aliphatic heterocycles. The molecular weight excluding hydrogens is 218 g/mol. The normalized spacial score (nSPS) is 27.1. The zero-order chi connectivity index (χ0) is 11.8. The molecule has 1 fully saturated rings. The van der Waals surface area contributed by atoms with Gasteiger partial charge in [-0.25, -0.2) is 0 Å². The molecule has 2 nitrogen and oxygen atoms in total. The van der Waals surface area contributed by atoms with E-state index in [9.17, 15) is 4.21 Å². The van der Waals surface area contributed by atoms with Crippen molar-refractivity contribution in [3.63, 3.8) is 0 Å². The largest absolute Gasteiger partial charge is 0.317 e. The van der Waals surface area contributed by atoms with E-state index in [1.54, 1.807) is 0 Å². The number of hydrogen-bond donors (Lipinski definition) is 1. The summed E-state index contributed by atoms with van der Waals surface area (Å²) in [5, 5.41) is 3.39. The monoisotopic (exact) mass is 245 g/mol. The lowest BCUT2D eigenvalue weighted by Crippen LogP contribution is -2.29.